The average molecular weight is 312 g/mol. The molecule has 116 valence electrons. The van der Waals surface area contributed by atoms with Crippen LogP contribution < -0.4 is 11.1 Å². The SMILES string of the molecule is CNC(=O)C1CCN(C(=O)c2cc(N)ccc2C)CC1.Cl. The smallest absolute Gasteiger partial charge is 0.254 e. The van der Waals surface area contributed by atoms with Crippen molar-refractivity contribution in [2.45, 2.75) is 19.8 Å². The minimum Gasteiger partial charge on any atom is -0.399 e. The Balaban J connectivity index is 0.00000220. The summed E-state index contributed by atoms with van der Waals surface area (Å²) in [7, 11) is 1.65. The highest BCUT2D eigenvalue weighted by atomic mass is 35.5. The van der Waals surface area contributed by atoms with Gasteiger partial charge in [-0.25, -0.2) is 0 Å². The molecule has 0 saturated carbocycles. The van der Waals surface area contributed by atoms with Crippen LogP contribution in [0.1, 0.15) is 28.8 Å². The molecule has 0 aromatic heterocycles. The van der Waals surface area contributed by atoms with Gasteiger partial charge in [-0.15, -0.1) is 12.4 Å². The van der Waals surface area contributed by atoms with Crippen molar-refractivity contribution < 1.29 is 9.59 Å². The molecule has 0 spiro atoms. The number of benzene rings is 1. The van der Waals surface area contributed by atoms with Gasteiger partial charge in [-0.1, -0.05) is 6.07 Å². The maximum absolute atomic E-state index is 12.5. The van der Waals surface area contributed by atoms with E-state index in [9.17, 15) is 9.59 Å². The molecule has 1 aliphatic rings. The van der Waals surface area contributed by atoms with Crippen molar-refractivity contribution in [3.05, 3.63) is 29.3 Å². The number of carbonyl (C=O) groups is 2. The number of carbonyl (C=O) groups excluding carboxylic acids is 2. The lowest BCUT2D eigenvalue weighted by Crippen LogP contribution is -2.42. The summed E-state index contributed by atoms with van der Waals surface area (Å²) in [5.74, 6) is 0.0911. The van der Waals surface area contributed by atoms with E-state index >= 15 is 0 Å². The van der Waals surface area contributed by atoms with Gasteiger partial charge in [0.15, 0.2) is 0 Å². The molecule has 0 bridgehead atoms. The fraction of sp³-hybridized carbons (Fsp3) is 0.467. The van der Waals surface area contributed by atoms with E-state index in [0.29, 0.717) is 37.2 Å². The Bertz CT molecular complexity index is 526. The lowest BCUT2D eigenvalue weighted by Gasteiger charge is -2.31. The van der Waals surface area contributed by atoms with Gasteiger partial charge in [0.25, 0.3) is 5.91 Å². The number of halogens is 1. The van der Waals surface area contributed by atoms with Crippen molar-refractivity contribution in [3.8, 4) is 0 Å². The predicted molar refractivity (Wildman–Crippen MR) is 85.5 cm³/mol. The summed E-state index contributed by atoms with van der Waals surface area (Å²) in [5.41, 5.74) is 7.93. The Morgan fingerprint density at radius 1 is 1.29 bits per heavy atom. The lowest BCUT2D eigenvalue weighted by molar-refractivity contribution is -0.125. The van der Waals surface area contributed by atoms with Gasteiger partial charge in [0.1, 0.15) is 0 Å². The van der Waals surface area contributed by atoms with Crippen molar-refractivity contribution in [2.24, 2.45) is 5.92 Å². The van der Waals surface area contributed by atoms with Gasteiger partial charge in [0.2, 0.25) is 5.91 Å². The Labute approximate surface area is 131 Å². The lowest BCUT2D eigenvalue weighted by atomic mass is 9.95. The number of hydrogen-bond acceptors (Lipinski definition) is 3. The molecule has 5 nitrogen and oxygen atoms in total. The molecule has 6 heteroatoms. The van der Waals surface area contributed by atoms with E-state index in [1.165, 1.54) is 0 Å². The minimum atomic E-state index is 0. The summed E-state index contributed by atoms with van der Waals surface area (Å²) in [6.45, 7) is 3.14. The van der Waals surface area contributed by atoms with Crippen molar-refractivity contribution in [1.29, 1.82) is 0 Å². The van der Waals surface area contributed by atoms with Crippen LogP contribution in [0.15, 0.2) is 18.2 Å². The number of piperidine rings is 1. The van der Waals surface area contributed by atoms with Gasteiger partial charge in [0.05, 0.1) is 0 Å². The van der Waals surface area contributed by atoms with E-state index in [4.69, 9.17) is 5.73 Å². The van der Waals surface area contributed by atoms with Crippen molar-refractivity contribution in [3.63, 3.8) is 0 Å². The molecule has 1 aromatic carbocycles. The molecule has 0 atom stereocenters. The van der Waals surface area contributed by atoms with Crippen molar-refractivity contribution in [1.82, 2.24) is 10.2 Å². The molecular formula is C15H22ClN3O2. The van der Waals surface area contributed by atoms with E-state index in [0.717, 1.165) is 5.56 Å². The Morgan fingerprint density at radius 3 is 2.48 bits per heavy atom. The van der Waals surface area contributed by atoms with Crippen LogP contribution in [-0.4, -0.2) is 36.9 Å². The second-order valence-corrected chi connectivity index (χ2v) is 5.26. The maximum atomic E-state index is 12.5. The highest BCUT2D eigenvalue weighted by Crippen LogP contribution is 2.21. The normalized spacial score (nSPS) is 15.2. The third-order valence-corrected chi connectivity index (χ3v) is 3.89. The average Bonchev–Trinajstić information content (AvgIpc) is 2.48. The molecule has 1 saturated heterocycles. The quantitative estimate of drug-likeness (QED) is 0.815. The highest BCUT2D eigenvalue weighted by Gasteiger charge is 2.27. The minimum absolute atomic E-state index is 0. The van der Waals surface area contributed by atoms with Crippen LogP contribution in [0.3, 0.4) is 0 Å². The molecule has 0 radical (unpaired) electrons. The van der Waals surface area contributed by atoms with E-state index in [1.54, 1.807) is 24.1 Å². The predicted octanol–water partition coefficient (Wildman–Crippen LogP) is 1.60. The third kappa shape index (κ3) is 3.88. The molecule has 1 heterocycles. The Kier molecular flexibility index (Phi) is 6.03. The summed E-state index contributed by atoms with van der Waals surface area (Å²) >= 11 is 0. The second kappa shape index (κ2) is 7.31. The van der Waals surface area contributed by atoms with Gasteiger partial charge in [-0.2, -0.15) is 0 Å². The zero-order chi connectivity index (χ0) is 14.7. The number of aryl methyl sites for hydroxylation is 1. The van der Waals surface area contributed by atoms with Crippen LogP contribution in [-0.2, 0) is 4.79 Å². The first-order valence-electron chi connectivity index (χ1n) is 6.90. The number of amides is 2. The molecule has 21 heavy (non-hydrogen) atoms. The van der Waals surface area contributed by atoms with Gasteiger partial charge in [0, 0.05) is 37.3 Å². The summed E-state index contributed by atoms with van der Waals surface area (Å²) in [6.07, 6.45) is 1.43. The van der Waals surface area contributed by atoms with E-state index < -0.39 is 0 Å². The molecule has 2 rings (SSSR count). The Hall–Kier alpha value is -1.75. The summed E-state index contributed by atoms with van der Waals surface area (Å²) < 4.78 is 0. The largest absolute Gasteiger partial charge is 0.399 e. The van der Waals surface area contributed by atoms with E-state index in [1.807, 2.05) is 13.0 Å². The molecule has 1 fully saturated rings. The Morgan fingerprint density at radius 2 is 1.90 bits per heavy atom. The van der Waals surface area contributed by atoms with Crippen LogP contribution in [0.25, 0.3) is 0 Å². The number of nitrogens with zero attached hydrogens (tertiary/aromatic N) is 1. The first-order valence-corrected chi connectivity index (χ1v) is 6.90. The van der Waals surface area contributed by atoms with Crippen LogP contribution in [0.2, 0.25) is 0 Å². The maximum Gasteiger partial charge on any atom is 0.254 e. The first kappa shape index (κ1) is 17.3. The zero-order valence-corrected chi connectivity index (χ0v) is 13.2. The van der Waals surface area contributed by atoms with Crippen molar-refractivity contribution in [2.75, 3.05) is 25.9 Å². The number of nitrogen functional groups attached to an aromatic ring is 1. The van der Waals surface area contributed by atoms with Gasteiger partial charge < -0.3 is 16.0 Å². The molecular weight excluding hydrogens is 290 g/mol. The van der Waals surface area contributed by atoms with Gasteiger partial charge in [-0.3, -0.25) is 9.59 Å². The molecule has 0 unspecified atom stereocenters. The molecule has 3 N–H and O–H groups in total. The van der Waals surface area contributed by atoms with Crippen LogP contribution in [0.4, 0.5) is 5.69 Å². The monoisotopic (exact) mass is 311 g/mol. The fourth-order valence-electron chi connectivity index (χ4n) is 2.59. The van der Waals surface area contributed by atoms with Crippen molar-refractivity contribution >= 4 is 29.9 Å². The molecule has 2 amide bonds. The summed E-state index contributed by atoms with van der Waals surface area (Å²) in [6, 6.07) is 5.38. The van der Waals surface area contributed by atoms with Crippen LogP contribution in [0, 0.1) is 12.8 Å². The number of rotatable bonds is 2. The van der Waals surface area contributed by atoms with Crippen LogP contribution >= 0.6 is 12.4 Å². The van der Waals surface area contributed by atoms with E-state index in [-0.39, 0.29) is 30.1 Å². The summed E-state index contributed by atoms with van der Waals surface area (Å²) in [5, 5.41) is 2.67. The zero-order valence-electron chi connectivity index (χ0n) is 12.4. The molecule has 1 aliphatic heterocycles. The first-order chi connectivity index (χ1) is 9.52. The molecule has 0 aliphatic carbocycles. The number of nitrogens with two attached hydrogens (primary N) is 1. The standard InChI is InChI=1S/C15H21N3O2.ClH/c1-10-3-4-12(16)9-13(10)15(20)18-7-5-11(6-8-18)14(19)17-2;/h3-4,9,11H,5-8,16H2,1-2H3,(H,17,19);1H. The van der Waals surface area contributed by atoms with Gasteiger partial charge in [-0.05, 0) is 37.5 Å². The number of nitrogens with one attached hydrogen (secondary N) is 1. The number of anilines is 1. The second-order valence-electron chi connectivity index (χ2n) is 5.26. The number of hydrogen-bond donors (Lipinski definition) is 2. The van der Waals surface area contributed by atoms with E-state index in [2.05, 4.69) is 5.32 Å². The fourth-order valence-corrected chi connectivity index (χ4v) is 2.59. The topological polar surface area (TPSA) is 75.4 Å². The summed E-state index contributed by atoms with van der Waals surface area (Å²) in [4.78, 5) is 25.9. The third-order valence-electron chi connectivity index (χ3n) is 3.89. The molecule has 1 aromatic rings. The van der Waals surface area contributed by atoms with Crippen LogP contribution in [0.5, 0.6) is 0 Å². The number of likely N-dealkylation sites (tertiary alicyclic amines) is 1. The highest BCUT2D eigenvalue weighted by molar-refractivity contribution is 5.96. The van der Waals surface area contributed by atoms with Gasteiger partial charge >= 0.3 is 0 Å².